The molecule has 1 aromatic rings. The largest absolute Gasteiger partial charge is 0.355 e. The van der Waals surface area contributed by atoms with E-state index in [2.05, 4.69) is 22.5 Å². The summed E-state index contributed by atoms with van der Waals surface area (Å²) in [6.07, 6.45) is 0.833. The van der Waals surface area contributed by atoms with Crippen LogP contribution in [0.15, 0.2) is 24.3 Å². The highest BCUT2D eigenvalue weighted by molar-refractivity contribution is 6.30. The monoisotopic (exact) mass is 331 g/mol. The van der Waals surface area contributed by atoms with Gasteiger partial charge in [0.15, 0.2) is 0 Å². The first-order chi connectivity index (χ1) is 9.65. The molecule has 1 aliphatic rings. The van der Waals surface area contributed by atoms with Crippen molar-refractivity contribution in [3.8, 4) is 0 Å². The van der Waals surface area contributed by atoms with Crippen molar-refractivity contribution in [2.45, 2.75) is 19.4 Å². The predicted octanol–water partition coefficient (Wildman–Crippen LogP) is 1.71. The molecule has 1 aromatic carbocycles. The molecule has 1 heterocycles. The summed E-state index contributed by atoms with van der Waals surface area (Å²) in [5.74, 6) is 0.104. The van der Waals surface area contributed by atoms with Crippen LogP contribution in [0.3, 0.4) is 0 Å². The SMILES string of the molecule is C[C@@H]1CNCCN1CC(=O)NCCc1ccc(Cl)cc1.Cl. The molecule has 0 aliphatic carbocycles. The molecule has 1 amide bonds. The number of amides is 1. The topological polar surface area (TPSA) is 44.4 Å². The van der Waals surface area contributed by atoms with Crippen LogP contribution in [0.4, 0.5) is 0 Å². The molecule has 1 aliphatic heterocycles. The lowest BCUT2D eigenvalue weighted by Gasteiger charge is -2.33. The first-order valence-electron chi connectivity index (χ1n) is 7.11. The first-order valence-corrected chi connectivity index (χ1v) is 7.49. The van der Waals surface area contributed by atoms with Gasteiger partial charge in [-0.1, -0.05) is 23.7 Å². The van der Waals surface area contributed by atoms with E-state index in [0.29, 0.717) is 19.1 Å². The second kappa shape index (κ2) is 9.26. The van der Waals surface area contributed by atoms with E-state index >= 15 is 0 Å². The minimum absolute atomic E-state index is 0. The second-order valence-corrected chi connectivity index (χ2v) is 5.69. The number of benzene rings is 1. The van der Waals surface area contributed by atoms with E-state index in [0.717, 1.165) is 31.1 Å². The number of hydrogen-bond donors (Lipinski definition) is 2. The molecule has 6 heteroatoms. The number of hydrogen-bond acceptors (Lipinski definition) is 3. The van der Waals surface area contributed by atoms with Gasteiger partial charge in [-0.2, -0.15) is 0 Å². The third kappa shape index (κ3) is 6.22. The summed E-state index contributed by atoms with van der Waals surface area (Å²) in [6.45, 7) is 6.16. The fourth-order valence-electron chi connectivity index (χ4n) is 2.36. The van der Waals surface area contributed by atoms with Crippen molar-refractivity contribution in [2.24, 2.45) is 0 Å². The fourth-order valence-corrected chi connectivity index (χ4v) is 2.48. The van der Waals surface area contributed by atoms with Crippen LogP contribution >= 0.6 is 24.0 Å². The minimum Gasteiger partial charge on any atom is -0.355 e. The first kappa shape index (κ1) is 18.2. The van der Waals surface area contributed by atoms with Crippen LogP contribution in [0.1, 0.15) is 12.5 Å². The van der Waals surface area contributed by atoms with Gasteiger partial charge in [-0.15, -0.1) is 12.4 Å². The summed E-state index contributed by atoms with van der Waals surface area (Å²) in [5.41, 5.74) is 1.19. The molecular weight excluding hydrogens is 309 g/mol. The Balaban J connectivity index is 0.00000220. The number of nitrogens with zero attached hydrogens (tertiary/aromatic N) is 1. The van der Waals surface area contributed by atoms with Gasteiger partial charge in [-0.05, 0) is 31.0 Å². The van der Waals surface area contributed by atoms with Crippen LogP contribution in [0.2, 0.25) is 5.02 Å². The van der Waals surface area contributed by atoms with E-state index in [1.165, 1.54) is 5.56 Å². The number of carbonyl (C=O) groups is 1. The van der Waals surface area contributed by atoms with Crippen molar-refractivity contribution < 1.29 is 4.79 Å². The normalized spacial score (nSPS) is 18.9. The summed E-state index contributed by atoms with van der Waals surface area (Å²) in [5, 5.41) is 7.04. The Morgan fingerprint density at radius 2 is 2.14 bits per heavy atom. The molecule has 118 valence electrons. The number of nitrogens with one attached hydrogen (secondary N) is 2. The molecular formula is C15H23Cl2N3O. The standard InChI is InChI=1S/C15H22ClN3O.ClH/c1-12-10-17-8-9-19(12)11-15(20)18-7-6-13-2-4-14(16)5-3-13;/h2-5,12,17H,6-11H2,1H3,(H,18,20);1H/t12-;/m1./s1. The van der Waals surface area contributed by atoms with Crippen molar-refractivity contribution in [3.63, 3.8) is 0 Å². The average Bonchev–Trinajstić information content (AvgIpc) is 2.44. The Morgan fingerprint density at radius 1 is 1.43 bits per heavy atom. The van der Waals surface area contributed by atoms with Gasteiger partial charge in [0.25, 0.3) is 0 Å². The van der Waals surface area contributed by atoms with Gasteiger partial charge in [0.05, 0.1) is 6.54 Å². The van der Waals surface area contributed by atoms with E-state index in [1.807, 2.05) is 24.3 Å². The van der Waals surface area contributed by atoms with Crippen LogP contribution in [0.25, 0.3) is 0 Å². The number of rotatable bonds is 5. The number of carbonyl (C=O) groups excluding carboxylic acids is 1. The molecule has 0 spiro atoms. The Bertz CT molecular complexity index is 439. The molecule has 1 fully saturated rings. The van der Waals surface area contributed by atoms with Crippen LogP contribution in [0, 0.1) is 0 Å². The van der Waals surface area contributed by atoms with Gasteiger partial charge in [0, 0.05) is 37.2 Å². The maximum absolute atomic E-state index is 11.9. The molecule has 1 atom stereocenters. The Kier molecular flexibility index (Phi) is 8.04. The summed E-state index contributed by atoms with van der Waals surface area (Å²) < 4.78 is 0. The van der Waals surface area contributed by atoms with Gasteiger partial charge in [-0.3, -0.25) is 9.69 Å². The smallest absolute Gasteiger partial charge is 0.234 e. The molecule has 21 heavy (non-hydrogen) atoms. The van der Waals surface area contributed by atoms with Crippen molar-refractivity contribution >= 4 is 29.9 Å². The van der Waals surface area contributed by atoms with Gasteiger partial charge < -0.3 is 10.6 Å². The van der Waals surface area contributed by atoms with Crippen molar-refractivity contribution in [3.05, 3.63) is 34.9 Å². The zero-order valence-corrected chi connectivity index (χ0v) is 13.8. The molecule has 0 bridgehead atoms. The summed E-state index contributed by atoms with van der Waals surface area (Å²) in [6, 6.07) is 8.16. The summed E-state index contributed by atoms with van der Waals surface area (Å²) in [4.78, 5) is 14.1. The quantitative estimate of drug-likeness (QED) is 0.863. The zero-order valence-electron chi connectivity index (χ0n) is 12.3. The van der Waals surface area contributed by atoms with Crippen molar-refractivity contribution in [1.82, 2.24) is 15.5 Å². The predicted molar refractivity (Wildman–Crippen MR) is 89.3 cm³/mol. The summed E-state index contributed by atoms with van der Waals surface area (Å²) in [7, 11) is 0. The fraction of sp³-hybridized carbons (Fsp3) is 0.533. The second-order valence-electron chi connectivity index (χ2n) is 5.25. The lowest BCUT2D eigenvalue weighted by molar-refractivity contribution is -0.122. The molecule has 1 saturated heterocycles. The van der Waals surface area contributed by atoms with E-state index in [9.17, 15) is 4.79 Å². The molecule has 0 radical (unpaired) electrons. The molecule has 0 unspecified atom stereocenters. The van der Waals surface area contributed by atoms with Gasteiger partial charge in [0.1, 0.15) is 0 Å². The van der Waals surface area contributed by atoms with Crippen LogP contribution in [-0.2, 0) is 11.2 Å². The number of halogens is 2. The lowest BCUT2D eigenvalue weighted by Crippen LogP contribution is -2.52. The molecule has 2 rings (SSSR count). The molecule has 2 N–H and O–H groups in total. The summed E-state index contributed by atoms with van der Waals surface area (Å²) >= 11 is 5.84. The van der Waals surface area contributed by atoms with Gasteiger partial charge >= 0.3 is 0 Å². The molecule has 0 aromatic heterocycles. The Morgan fingerprint density at radius 3 is 2.81 bits per heavy atom. The maximum atomic E-state index is 11.9. The highest BCUT2D eigenvalue weighted by Gasteiger charge is 2.19. The maximum Gasteiger partial charge on any atom is 0.234 e. The highest BCUT2D eigenvalue weighted by Crippen LogP contribution is 2.09. The van der Waals surface area contributed by atoms with Crippen LogP contribution in [-0.4, -0.2) is 49.6 Å². The highest BCUT2D eigenvalue weighted by atomic mass is 35.5. The van der Waals surface area contributed by atoms with Gasteiger partial charge in [0.2, 0.25) is 5.91 Å². The Hall–Kier alpha value is -0.810. The average molecular weight is 332 g/mol. The van der Waals surface area contributed by atoms with E-state index in [1.54, 1.807) is 0 Å². The lowest BCUT2D eigenvalue weighted by atomic mass is 10.1. The van der Waals surface area contributed by atoms with Crippen molar-refractivity contribution in [2.75, 3.05) is 32.7 Å². The van der Waals surface area contributed by atoms with Gasteiger partial charge in [-0.25, -0.2) is 0 Å². The van der Waals surface area contributed by atoms with Crippen LogP contribution in [0.5, 0.6) is 0 Å². The third-order valence-corrected chi connectivity index (χ3v) is 3.89. The third-order valence-electron chi connectivity index (χ3n) is 3.63. The van der Waals surface area contributed by atoms with E-state index < -0.39 is 0 Å². The molecule has 0 saturated carbocycles. The van der Waals surface area contributed by atoms with E-state index in [4.69, 9.17) is 11.6 Å². The van der Waals surface area contributed by atoms with Crippen LogP contribution < -0.4 is 10.6 Å². The Labute approximate surface area is 137 Å². The van der Waals surface area contributed by atoms with Crippen molar-refractivity contribution in [1.29, 1.82) is 0 Å². The minimum atomic E-state index is 0. The molecule has 4 nitrogen and oxygen atoms in total. The zero-order chi connectivity index (χ0) is 14.4. The number of piperazine rings is 1. The van der Waals surface area contributed by atoms with E-state index in [-0.39, 0.29) is 18.3 Å².